The van der Waals surface area contributed by atoms with E-state index in [2.05, 4.69) is 98.2 Å². The third-order valence-electron chi connectivity index (χ3n) is 3.20. The zero-order valence-electron chi connectivity index (χ0n) is 24.9. The average molecular weight is 607 g/mol. The van der Waals surface area contributed by atoms with Crippen LogP contribution in [0, 0.1) is 0 Å². The summed E-state index contributed by atoms with van der Waals surface area (Å²) < 4.78 is 47.0. The van der Waals surface area contributed by atoms with Gasteiger partial charge in [-0.1, -0.05) is 0 Å². The molecule has 0 aliphatic rings. The van der Waals surface area contributed by atoms with Crippen molar-refractivity contribution in [3.8, 4) is 0 Å². The van der Waals surface area contributed by atoms with Crippen LogP contribution in [-0.2, 0) is 28.8 Å². The Bertz CT molecular complexity index is 554. The van der Waals surface area contributed by atoms with Gasteiger partial charge in [-0.2, -0.15) is 0 Å². The van der Waals surface area contributed by atoms with Gasteiger partial charge in [-0.15, -0.1) is 0 Å². The average Bonchev–Trinajstić information content (AvgIpc) is 2.20. The fraction of sp³-hybridized carbons (Fsp3) is 1.00. The maximum Gasteiger partial charge on any atom is 0.472 e. The lowest BCUT2D eigenvalue weighted by atomic mass is 11.8. The summed E-state index contributed by atoms with van der Waals surface area (Å²) in [4.78, 5) is 0. The zero-order valence-corrected chi connectivity index (χ0v) is 32.9. The standard InChI is InChI=1S/C18H54O7Si8/c1-26(2,3)19-31(16,20-27(4,5)6)24-33(18,23-30(13,14)15)25-32(17,21-28(7,8)9)22-29(10,11)12/h1-18H3. The molecule has 0 saturated carbocycles. The van der Waals surface area contributed by atoms with Crippen molar-refractivity contribution in [3.05, 3.63) is 0 Å². The summed E-state index contributed by atoms with van der Waals surface area (Å²) in [7, 11) is -19.4. The summed E-state index contributed by atoms with van der Waals surface area (Å²) in [5.41, 5.74) is 0. The Hall–Kier alpha value is 1.46. The molecule has 15 heteroatoms. The Kier molecular flexibility index (Phi) is 11.5. The van der Waals surface area contributed by atoms with Crippen molar-refractivity contribution in [2.24, 2.45) is 0 Å². The van der Waals surface area contributed by atoms with Crippen molar-refractivity contribution in [1.82, 2.24) is 0 Å². The molecule has 0 radical (unpaired) electrons. The van der Waals surface area contributed by atoms with E-state index in [1.807, 2.05) is 19.6 Å². The van der Waals surface area contributed by atoms with Crippen LogP contribution in [0.5, 0.6) is 0 Å². The fourth-order valence-electron chi connectivity index (χ4n) is 3.64. The van der Waals surface area contributed by atoms with Gasteiger partial charge in [-0.3, -0.25) is 0 Å². The molecule has 33 heavy (non-hydrogen) atoms. The first-order chi connectivity index (χ1) is 13.9. The van der Waals surface area contributed by atoms with Gasteiger partial charge in [0.15, 0.2) is 41.6 Å². The molecule has 0 heterocycles. The van der Waals surface area contributed by atoms with Crippen molar-refractivity contribution >= 4 is 68.0 Å². The number of hydrogen-bond donors (Lipinski definition) is 0. The molecule has 0 rings (SSSR count). The minimum absolute atomic E-state index is 1.97. The molecule has 0 aliphatic heterocycles. The topological polar surface area (TPSA) is 64.6 Å². The third kappa shape index (κ3) is 17.5. The molecule has 0 spiro atoms. The van der Waals surface area contributed by atoms with Crippen LogP contribution in [0.15, 0.2) is 0 Å². The maximum atomic E-state index is 6.88. The molecule has 0 aromatic carbocycles. The van der Waals surface area contributed by atoms with E-state index in [9.17, 15) is 0 Å². The third-order valence-corrected chi connectivity index (χ3v) is 28.8. The van der Waals surface area contributed by atoms with Crippen LogP contribution in [0.4, 0.5) is 0 Å². The molecule has 0 atom stereocenters. The van der Waals surface area contributed by atoms with Crippen molar-refractivity contribution in [2.75, 3.05) is 0 Å². The van der Waals surface area contributed by atoms with E-state index >= 15 is 0 Å². The first-order valence-electron chi connectivity index (χ1n) is 11.9. The van der Waals surface area contributed by atoms with Crippen molar-refractivity contribution in [3.63, 3.8) is 0 Å². The van der Waals surface area contributed by atoms with Gasteiger partial charge in [0.05, 0.1) is 0 Å². The molecule has 0 aliphatic carbocycles. The molecule has 7 nitrogen and oxygen atoms in total. The lowest BCUT2D eigenvalue weighted by Gasteiger charge is -2.46. The summed E-state index contributed by atoms with van der Waals surface area (Å²) in [5.74, 6) is 0. The first kappa shape index (κ1) is 34.5. The largest absolute Gasteiger partial charge is 0.472 e. The molecular weight excluding hydrogens is 553 g/mol. The summed E-state index contributed by atoms with van der Waals surface area (Å²) in [5, 5.41) is 0. The Labute approximate surface area is 214 Å². The number of rotatable bonds is 14. The van der Waals surface area contributed by atoms with Crippen LogP contribution >= 0.6 is 0 Å². The van der Waals surface area contributed by atoms with E-state index in [1.165, 1.54) is 0 Å². The SMILES string of the molecule is C[Si](C)(C)O[Si](C)(O[Si](C)(C)C)O[Si](C)(O[Si](C)(C)C)O[Si](C)(O[Si](C)(C)C)O[Si](C)(C)C. The maximum absolute atomic E-state index is 6.88. The predicted octanol–water partition coefficient (Wildman–Crippen LogP) is 6.98. The second-order valence-electron chi connectivity index (χ2n) is 13.9. The van der Waals surface area contributed by atoms with Crippen molar-refractivity contribution < 1.29 is 28.8 Å². The molecule has 0 unspecified atom stereocenters. The Morgan fingerprint density at radius 3 is 0.455 bits per heavy atom. The predicted molar refractivity (Wildman–Crippen MR) is 159 cm³/mol. The smallest absolute Gasteiger partial charge is 0.417 e. The summed E-state index contributed by atoms with van der Waals surface area (Å²) >= 11 is 0. The van der Waals surface area contributed by atoms with Gasteiger partial charge in [0.25, 0.3) is 0 Å². The second-order valence-corrected chi connectivity index (χ2v) is 45.9. The zero-order chi connectivity index (χ0) is 26.9. The Balaban J connectivity index is 6.48. The lowest BCUT2D eigenvalue weighted by Crippen LogP contribution is -2.67. The molecule has 0 saturated heterocycles. The van der Waals surface area contributed by atoms with Crippen LogP contribution in [-0.4, -0.2) is 68.0 Å². The van der Waals surface area contributed by atoms with E-state index < -0.39 is 68.0 Å². The molecule has 0 aromatic heterocycles. The van der Waals surface area contributed by atoms with Gasteiger partial charge in [0.2, 0.25) is 0 Å². The van der Waals surface area contributed by atoms with E-state index in [-0.39, 0.29) is 0 Å². The van der Waals surface area contributed by atoms with Crippen molar-refractivity contribution in [2.45, 2.75) is 118 Å². The minimum Gasteiger partial charge on any atom is -0.417 e. The molecular formula is C18H54O7Si8. The Morgan fingerprint density at radius 2 is 0.333 bits per heavy atom. The summed E-state index contributed by atoms with van der Waals surface area (Å²) in [6.45, 7) is 38.4. The highest BCUT2D eigenvalue weighted by Gasteiger charge is 2.57. The normalized spacial score (nSPS) is 15.8. The van der Waals surface area contributed by atoms with E-state index in [1.54, 1.807) is 0 Å². The molecule has 0 aromatic rings. The van der Waals surface area contributed by atoms with Crippen LogP contribution in [0.3, 0.4) is 0 Å². The van der Waals surface area contributed by atoms with Crippen LogP contribution in [0.25, 0.3) is 0 Å². The first-order valence-corrected chi connectivity index (χ1v) is 35.6. The van der Waals surface area contributed by atoms with Gasteiger partial charge < -0.3 is 28.8 Å². The van der Waals surface area contributed by atoms with Gasteiger partial charge in [-0.05, 0) is 98.2 Å². The highest BCUT2D eigenvalue weighted by atomic mass is 28.6. The molecule has 200 valence electrons. The second kappa shape index (κ2) is 11.1. The van der Waals surface area contributed by atoms with Crippen LogP contribution < -0.4 is 0 Å². The van der Waals surface area contributed by atoms with Crippen molar-refractivity contribution in [1.29, 1.82) is 0 Å². The summed E-state index contributed by atoms with van der Waals surface area (Å²) in [6, 6.07) is 0. The lowest BCUT2D eigenvalue weighted by molar-refractivity contribution is 0.151. The minimum atomic E-state index is -3.28. The molecule has 0 amide bonds. The Morgan fingerprint density at radius 1 is 0.212 bits per heavy atom. The fourth-order valence-corrected chi connectivity index (χ4v) is 36.2. The van der Waals surface area contributed by atoms with Crippen LogP contribution in [0.1, 0.15) is 0 Å². The van der Waals surface area contributed by atoms with Crippen LogP contribution in [0.2, 0.25) is 118 Å². The van der Waals surface area contributed by atoms with E-state index in [0.29, 0.717) is 0 Å². The van der Waals surface area contributed by atoms with Gasteiger partial charge >= 0.3 is 26.4 Å². The summed E-state index contributed by atoms with van der Waals surface area (Å²) in [6.07, 6.45) is 0. The molecule has 0 bridgehead atoms. The monoisotopic (exact) mass is 606 g/mol. The quantitative estimate of drug-likeness (QED) is 0.198. The van der Waals surface area contributed by atoms with Gasteiger partial charge in [0.1, 0.15) is 0 Å². The van der Waals surface area contributed by atoms with E-state index in [4.69, 9.17) is 28.8 Å². The molecule has 0 N–H and O–H groups in total. The highest BCUT2D eigenvalue weighted by molar-refractivity contribution is 6.93. The van der Waals surface area contributed by atoms with E-state index in [0.717, 1.165) is 0 Å². The van der Waals surface area contributed by atoms with Gasteiger partial charge in [0, 0.05) is 19.6 Å². The molecule has 0 fully saturated rings. The number of hydrogen-bond acceptors (Lipinski definition) is 7. The highest BCUT2D eigenvalue weighted by Crippen LogP contribution is 2.32. The van der Waals surface area contributed by atoms with Gasteiger partial charge in [-0.25, -0.2) is 0 Å².